The van der Waals surface area contributed by atoms with Gasteiger partial charge in [0.15, 0.2) is 11.6 Å². The Hall–Kier alpha value is -3.94. The third kappa shape index (κ3) is 5.59. The molecule has 0 radical (unpaired) electrons. The van der Waals surface area contributed by atoms with Crippen LogP contribution in [-0.4, -0.2) is 35.7 Å². The molecule has 1 aliphatic rings. The van der Waals surface area contributed by atoms with Crippen molar-refractivity contribution in [2.24, 2.45) is 10.8 Å². The van der Waals surface area contributed by atoms with Crippen LogP contribution in [0.5, 0.6) is 5.75 Å². The van der Waals surface area contributed by atoms with E-state index in [9.17, 15) is 4.79 Å². The van der Waals surface area contributed by atoms with Gasteiger partial charge in [-0.05, 0) is 35.4 Å². The van der Waals surface area contributed by atoms with Crippen molar-refractivity contribution in [1.82, 2.24) is 5.43 Å². The zero-order chi connectivity index (χ0) is 24.5. The Balaban J connectivity index is 1.68. The molecule has 1 amide bonds. The Labute approximate surface area is 204 Å². The van der Waals surface area contributed by atoms with E-state index in [0.717, 1.165) is 16.7 Å². The van der Waals surface area contributed by atoms with Crippen LogP contribution in [0.15, 0.2) is 96.0 Å². The van der Waals surface area contributed by atoms with E-state index >= 15 is 0 Å². The number of hydrogen-bond acceptors (Lipinski definition) is 6. The Morgan fingerprint density at radius 2 is 1.74 bits per heavy atom. The molecule has 2 atom stereocenters. The van der Waals surface area contributed by atoms with E-state index in [4.69, 9.17) is 25.4 Å². The molecule has 1 heterocycles. The van der Waals surface area contributed by atoms with Crippen LogP contribution in [0.4, 0.5) is 0 Å². The topological polar surface area (TPSA) is 106 Å². The minimum Gasteiger partial charge on any atom is -0.494 e. The quantitative estimate of drug-likeness (QED) is 0.181. The van der Waals surface area contributed by atoms with Crippen LogP contribution in [0.1, 0.15) is 35.6 Å². The van der Waals surface area contributed by atoms with E-state index in [2.05, 4.69) is 5.43 Å². The molecule has 180 valence electrons. The molecule has 35 heavy (non-hydrogen) atoms. The number of aliphatic imine (C=N–C) groups is 1. The summed E-state index contributed by atoms with van der Waals surface area (Å²) in [6.45, 7) is 0.504. The zero-order valence-electron chi connectivity index (χ0n) is 19.3. The average Bonchev–Trinajstić information content (AvgIpc) is 3.30. The predicted molar refractivity (Wildman–Crippen MR) is 136 cm³/mol. The summed E-state index contributed by atoms with van der Waals surface area (Å²) < 4.78 is 12.0. The van der Waals surface area contributed by atoms with Crippen LogP contribution in [0.2, 0.25) is 0 Å². The first-order valence-electron chi connectivity index (χ1n) is 11.5. The Morgan fingerprint density at radius 1 is 1.06 bits per heavy atom. The molecule has 0 saturated carbocycles. The van der Waals surface area contributed by atoms with Crippen molar-refractivity contribution in [2.75, 3.05) is 13.2 Å². The molecule has 0 aliphatic carbocycles. The van der Waals surface area contributed by atoms with Gasteiger partial charge in [0, 0.05) is 25.0 Å². The molecule has 0 aromatic heterocycles. The molecular formula is C28H29N3O4. The van der Waals surface area contributed by atoms with Crippen LogP contribution in [-0.2, 0) is 9.53 Å². The first-order valence-corrected chi connectivity index (χ1v) is 11.5. The van der Waals surface area contributed by atoms with E-state index in [1.807, 2.05) is 97.1 Å². The Kier molecular flexibility index (Phi) is 7.92. The molecule has 3 aromatic carbocycles. The van der Waals surface area contributed by atoms with Gasteiger partial charge in [0.1, 0.15) is 5.75 Å². The van der Waals surface area contributed by atoms with E-state index in [1.54, 1.807) is 0 Å². The van der Waals surface area contributed by atoms with E-state index in [-0.39, 0.29) is 13.0 Å². The van der Waals surface area contributed by atoms with Gasteiger partial charge in [-0.15, -0.1) is 0 Å². The van der Waals surface area contributed by atoms with E-state index in [1.165, 1.54) is 0 Å². The minimum absolute atomic E-state index is 0.0770. The molecule has 4 N–H and O–H groups in total. The summed E-state index contributed by atoms with van der Waals surface area (Å²) >= 11 is 0. The highest BCUT2D eigenvalue weighted by molar-refractivity contribution is 6.01. The predicted octanol–water partition coefficient (Wildman–Crippen LogP) is 3.80. The van der Waals surface area contributed by atoms with E-state index in [0.29, 0.717) is 24.7 Å². The molecule has 0 saturated heterocycles. The standard InChI is InChI=1S/C28H29N3O4/c29-31-27(33)28(18-7-11-21-9-3-1-4-10-21)25(22-12-5-2-6-13-22)35-26(30-28)23-14-16-24(17-15-23)34-20-8-19-32/h1-7,9-17,25,32H,8,18-20,29H2,(H,31,33)/b11-7+/t25-,28-/m0/s1. The third-order valence-electron chi connectivity index (χ3n) is 5.80. The summed E-state index contributed by atoms with van der Waals surface area (Å²) in [5, 5.41) is 8.93. The number of rotatable bonds is 10. The third-order valence-corrected chi connectivity index (χ3v) is 5.80. The maximum absolute atomic E-state index is 13.2. The molecule has 0 fully saturated rings. The molecule has 3 aromatic rings. The summed E-state index contributed by atoms with van der Waals surface area (Å²) in [5.74, 6) is 6.25. The fourth-order valence-electron chi connectivity index (χ4n) is 4.01. The first kappa shape index (κ1) is 24.2. The van der Waals surface area contributed by atoms with Gasteiger partial charge in [-0.3, -0.25) is 10.2 Å². The van der Waals surface area contributed by atoms with Crippen molar-refractivity contribution < 1.29 is 19.4 Å². The summed E-state index contributed by atoms with van der Waals surface area (Å²) in [5.41, 5.74) is 3.59. The lowest BCUT2D eigenvalue weighted by Crippen LogP contribution is -2.50. The number of carbonyl (C=O) groups is 1. The Morgan fingerprint density at radius 3 is 2.40 bits per heavy atom. The fourth-order valence-corrected chi connectivity index (χ4v) is 4.01. The van der Waals surface area contributed by atoms with Crippen molar-refractivity contribution in [3.05, 3.63) is 108 Å². The summed E-state index contributed by atoms with van der Waals surface area (Å²) in [6, 6.07) is 26.7. The lowest BCUT2D eigenvalue weighted by atomic mass is 9.84. The van der Waals surface area contributed by atoms with Gasteiger partial charge >= 0.3 is 0 Å². The molecule has 0 bridgehead atoms. The van der Waals surface area contributed by atoms with Crippen molar-refractivity contribution in [3.8, 4) is 5.75 Å². The monoisotopic (exact) mass is 471 g/mol. The second kappa shape index (κ2) is 11.5. The summed E-state index contributed by atoms with van der Waals surface area (Å²) in [4.78, 5) is 18.1. The van der Waals surface area contributed by atoms with Gasteiger partial charge in [-0.2, -0.15) is 0 Å². The number of nitrogens with two attached hydrogens (primary N) is 1. The Bertz CT molecular complexity index is 1160. The molecule has 0 unspecified atom stereocenters. The fraction of sp³-hybridized carbons (Fsp3) is 0.214. The second-order valence-corrected chi connectivity index (χ2v) is 8.19. The molecule has 7 heteroatoms. The molecule has 7 nitrogen and oxygen atoms in total. The van der Waals surface area contributed by atoms with E-state index < -0.39 is 17.6 Å². The SMILES string of the molecule is NNC(=O)[C@@]1(C/C=C/c2ccccc2)N=C(c2ccc(OCCCO)cc2)O[C@H]1c1ccccc1. The number of aliphatic hydroxyl groups is 1. The van der Waals surface area contributed by atoms with Gasteiger partial charge in [0.05, 0.1) is 6.61 Å². The molecule has 1 aliphatic heterocycles. The maximum Gasteiger partial charge on any atom is 0.266 e. The van der Waals surface area contributed by atoms with Gasteiger partial charge < -0.3 is 14.6 Å². The van der Waals surface area contributed by atoms with Gasteiger partial charge in [0.2, 0.25) is 5.90 Å². The number of ether oxygens (including phenoxy) is 2. The van der Waals surface area contributed by atoms with Crippen molar-refractivity contribution in [3.63, 3.8) is 0 Å². The highest BCUT2D eigenvalue weighted by atomic mass is 16.5. The highest BCUT2D eigenvalue weighted by Gasteiger charge is 2.52. The van der Waals surface area contributed by atoms with Crippen molar-refractivity contribution >= 4 is 17.9 Å². The normalized spacial score (nSPS) is 19.3. The van der Waals surface area contributed by atoms with Crippen molar-refractivity contribution in [2.45, 2.75) is 24.5 Å². The van der Waals surface area contributed by atoms with Gasteiger partial charge in [-0.25, -0.2) is 10.8 Å². The average molecular weight is 472 g/mol. The lowest BCUT2D eigenvalue weighted by molar-refractivity contribution is -0.128. The minimum atomic E-state index is -1.28. The lowest BCUT2D eigenvalue weighted by Gasteiger charge is -2.28. The number of hydrogen-bond donors (Lipinski definition) is 3. The number of aliphatic hydroxyl groups excluding tert-OH is 1. The molecule has 0 spiro atoms. The van der Waals surface area contributed by atoms with Crippen LogP contribution in [0.25, 0.3) is 6.08 Å². The first-order chi connectivity index (χ1) is 17.2. The second-order valence-electron chi connectivity index (χ2n) is 8.19. The maximum atomic E-state index is 13.2. The largest absolute Gasteiger partial charge is 0.494 e. The number of carbonyl (C=O) groups excluding carboxylic acids is 1. The zero-order valence-corrected chi connectivity index (χ0v) is 19.3. The molecule has 4 rings (SSSR count). The van der Waals surface area contributed by atoms with Crippen LogP contribution < -0.4 is 16.0 Å². The number of amides is 1. The summed E-state index contributed by atoms with van der Waals surface area (Å²) in [7, 11) is 0. The highest BCUT2D eigenvalue weighted by Crippen LogP contribution is 2.42. The smallest absolute Gasteiger partial charge is 0.266 e. The van der Waals surface area contributed by atoms with Gasteiger partial charge in [-0.1, -0.05) is 72.8 Å². The number of benzene rings is 3. The number of nitrogens with zero attached hydrogens (tertiary/aromatic N) is 1. The van der Waals surface area contributed by atoms with Crippen LogP contribution >= 0.6 is 0 Å². The van der Waals surface area contributed by atoms with Gasteiger partial charge in [0.25, 0.3) is 5.91 Å². The molecular weight excluding hydrogens is 442 g/mol. The van der Waals surface area contributed by atoms with Crippen LogP contribution in [0.3, 0.4) is 0 Å². The summed E-state index contributed by atoms with van der Waals surface area (Å²) in [6.07, 6.45) is 4.07. The number of hydrazine groups is 1. The van der Waals surface area contributed by atoms with Crippen molar-refractivity contribution in [1.29, 1.82) is 0 Å². The van der Waals surface area contributed by atoms with Crippen LogP contribution in [0, 0.1) is 0 Å². The number of nitrogens with one attached hydrogen (secondary N) is 1.